The third-order valence-corrected chi connectivity index (χ3v) is 5.40. The lowest BCUT2D eigenvalue weighted by atomic mass is 9.99. The fourth-order valence-electron chi connectivity index (χ4n) is 3.99. The van der Waals surface area contributed by atoms with Crippen LogP contribution in [0.2, 0.25) is 0 Å². The van der Waals surface area contributed by atoms with Gasteiger partial charge in [-0.05, 0) is 54.1 Å². The van der Waals surface area contributed by atoms with Crippen LogP contribution in [0.3, 0.4) is 0 Å². The first-order valence-electron chi connectivity index (χ1n) is 9.50. The smallest absolute Gasteiger partial charge is 0.0688 e. The van der Waals surface area contributed by atoms with Crippen molar-refractivity contribution in [3.8, 4) is 0 Å². The number of nitrogens with one attached hydrogen (secondary N) is 1. The Morgan fingerprint density at radius 1 is 1.00 bits per heavy atom. The molecule has 2 heterocycles. The quantitative estimate of drug-likeness (QED) is 0.695. The lowest BCUT2D eigenvalue weighted by Gasteiger charge is -2.26. The predicted molar refractivity (Wildman–Crippen MR) is 108 cm³/mol. The van der Waals surface area contributed by atoms with Crippen LogP contribution >= 0.6 is 0 Å². The van der Waals surface area contributed by atoms with Crippen molar-refractivity contribution in [2.75, 3.05) is 19.6 Å². The standard InChI is InChI=1S/C23H26N2O/c26-17-21-8-4-10-22-23(21)20(16-24-22)9-5-13-25-14-11-19(12-15-25)18-6-2-1-3-7-18/h1-4,6-8,10-11,16,24,26H,5,9,12-15,17H2. The number of aromatic nitrogens is 1. The molecule has 0 amide bonds. The predicted octanol–water partition coefficient (Wildman–Crippen LogP) is 4.38. The van der Waals surface area contributed by atoms with Gasteiger partial charge in [0.2, 0.25) is 0 Å². The zero-order chi connectivity index (χ0) is 17.8. The Hall–Kier alpha value is -2.36. The van der Waals surface area contributed by atoms with Crippen LogP contribution in [0.15, 0.2) is 60.8 Å². The fourth-order valence-corrected chi connectivity index (χ4v) is 3.99. The Morgan fingerprint density at radius 3 is 2.65 bits per heavy atom. The van der Waals surface area contributed by atoms with E-state index in [0.717, 1.165) is 50.0 Å². The van der Waals surface area contributed by atoms with Crippen molar-refractivity contribution in [2.45, 2.75) is 25.9 Å². The molecule has 2 N–H and O–H groups in total. The van der Waals surface area contributed by atoms with E-state index in [9.17, 15) is 5.11 Å². The van der Waals surface area contributed by atoms with Gasteiger partial charge in [-0.3, -0.25) is 4.90 Å². The number of fused-ring (bicyclic) bond motifs is 1. The molecule has 3 aromatic rings. The number of benzene rings is 2. The molecule has 0 saturated heterocycles. The van der Waals surface area contributed by atoms with Crippen LogP contribution in [0.1, 0.15) is 29.5 Å². The minimum absolute atomic E-state index is 0.0986. The summed E-state index contributed by atoms with van der Waals surface area (Å²) in [4.78, 5) is 5.88. The summed E-state index contributed by atoms with van der Waals surface area (Å²) in [5.41, 5.74) is 6.31. The summed E-state index contributed by atoms with van der Waals surface area (Å²) < 4.78 is 0. The van der Waals surface area contributed by atoms with Gasteiger partial charge in [0.25, 0.3) is 0 Å². The molecule has 0 saturated carbocycles. The molecule has 0 radical (unpaired) electrons. The molecule has 4 rings (SSSR count). The highest BCUT2D eigenvalue weighted by Gasteiger charge is 2.13. The van der Waals surface area contributed by atoms with E-state index < -0.39 is 0 Å². The summed E-state index contributed by atoms with van der Waals surface area (Å²) in [5, 5.41) is 10.8. The molecule has 2 aromatic carbocycles. The molecular formula is C23H26N2O. The summed E-state index contributed by atoms with van der Waals surface area (Å²) in [7, 11) is 0. The molecule has 3 heteroatoms. The molecule has 3 nitrogen and oxygen atoms in total. The van der Waals surface area contributed by atoms with Crippen LogP contribution in [0.25, 0.3) is 16.5 Å². The van der Waals surface area contributed by atoms with Crippen LogP contribution in [-0.4, -0.2) is 34.6 Å². The summed E-state index contributed by atoms with van der Waals surface area (Å²) in [6, 6.07) is 16.8. The highest BCUT2D eigenvalue weighted by atomic mass is 16.3. The first-order chi connectivity index (χ1) is 12.8. The first-order valence-corrected chi connectivity index (χ1v) is 9.50. The number of hydrogen-bond acceptors (Lipinski definition) is 2. The van der Waals surface area contributed by atoms with Gasteiger partial charge in [0.15, 0.2) is 0 Å². The minimum Gasteiger partial charge on any atom is -0.392 e. The maximum atomic E-state index is 9.60. The van der Waals surface area contributed by atoms with Gasteiger partial charge in [-0.2, -0.15) is 0 Å². The maximum absolute atomic E-state index is 9.60. The summed E-state index contributed by atoms with van der Waals surface area (Å²) >= 11 is 0. The Labute approximate surface area is 155 Å². The van der Waals surface area contributed by atoms with Crippen molar-refractivity contribution >= 4 is 16.5 Å². The van der Waals surface area contributed by atoms with E-state index in [2.05, 4.69) is 58.6 Å². The van der Waals surface area contributed by atoms with Crippen LogP contribution < -0.4 is 0 Å². The fraction of sp³-hybridized carbons (Fsp3) is 0.304. The van der Waals surface area contributed by atoms with Crippen molar-refractivity contribution in [1.82, 2.24) is 9.88 Å². The van der Waals surface area contributed by atoms with E-state index in [1.54, 1.807) is 0 Å². The van der Waals surface area contributed by atoms with E-state index in [1.807, 2.05) is 12.1 Å². The first kappa shape index (κ1) is 17.1. The monoisotopic (exact) mass is 346 g/mol. The SMILES string of the molecule is OCc1cccc2[nH]cc(CCCN3CC=C(c4ccccc4)CC3)c12. The van der Waals surface area contributed by atoms with E-state index in [1.165, 1.54) is 22.1 Å². The van der Waals surface area contributed by atoms with Gasteiger partial charge < -0.3 is 10.1 Å². The number of hydrogen-bond donors (Lipinski definition) is 2. The van der Waals surface area contributed by atoms with E-state index in [4.69, 9.17) is 0 Å². The second-order valence-corrected chi connectivity index (χ2v) is 7.06. The van der Waals surface area contributed by atoms with Gasteiger partial charge in [0.05, 0.1) is 6.61 Å². The van der Waals surface area contributed by atoms with Gasteiger partial charge in [0.1, 0.15) is 0 Å². The number of aryl methyl sites for hydroxylation is 1. The normalized spacial score (nSPS) is 15.3. The molecule has 1 aliphatic rings. The Morgan fingerprint density at radius 2 is 1.88 bits per heavy atom. The van der Waals surface area contributed by atoms with E-state index in [-0.39, 0.29) is 6.61 Å². The number of rotatable bonds is 6. The average Bonchev–Trinajstić information content (AvgIpc) is 3.12. The molecule has 0 atom stereocenters. The molecular weight excluding hydrogens is 320 g/mol. The van der Waals surface area contributed by atoms with E-state index in [0.29, 0.717) is 0 Å². The summed E-state index contributed by atoms with van der Waals surface area (Å²) in [5.74, 6) is 0. The van der Waals surface area contributed by atoms with Gasteiger partial charge in [-0.1, -0.05) is 48.5 Å². The third kappa shape index (κ3) is 3.59. The molecule has 0 bridgehead atoms. The summed E-state index contributed by atoms with van der Waals surface area (Å²) in [6.45, 7) is 3.39. The lowest BCUT2D eigenvalue weighted by molar-refractivity contribution is 0.283. The molecule has 1 aromatic heterocycles. The molecule has 0 spiro atoms. The number of nitrogens with zero attached hydrogens (tertiary/aromatic N) is 1. The zero-order valence-electron chi connectivity index (χ0n) is 15.1. The maximum Gasteiger partial charge on any atom is 0.0688 e. The van der Waals surface area contributed by atoms with Gasteiger partial charge in [0, 0.05) is 30.2 Å². The average molecular weight is 346 g/mol. The van der Waals surface area contributed by atoms with Crippen LogP contribution in [-0.2, 0) is 13.0 Å². The van der Waals surface area contributed by atoms with Crippen molar-refractivity contribution in [2.24, 2.45) is 0 Å². The number of aromatic amines is 1. The highest BCUT2D eigenvalue weighted by Crippen LogP contribution is 2.25. The Kier molecular flexibility index (Phi) is 5.19. The zero-order valence-corrected chi connectivity index (χ0v) is 15.1. The second-order valence-electron chi connectivity index (χ2n) is 7.06. The molecule has 26 heavy (non-hydrogen) atoms. The number of aliphatic hydroxyl groups excluding tert-OH is 1. The van der Waals surface area contributed by atoms with Crippen LogP contribution in [0.5, 0.6) is 0 Å². The largest absolute Gasteiger partial charge is 0.392 e. The summed E-state index contributed by atoms with van der Waals surface area (Å²) in [6.07, 6.45) is 7.80. The van der Waals surface area contributed by atoms with Crippen molar-refractivity contribution in [3.05, 3.63) is 77.5 Å². The van der Waals surface area contributed by atoms with Crippen LogP contribution in [0, 0.1) is 0 Å². The molecule has 134 valence electrons. The van der Waals surface area contributed by atoms with Crippen molar-refractivity contribution in [1.29, 1.82) is 0 Å². The molecule has 1 aliphatic heterocycles. The molecule has 0 unspecified atom stereocenters. The topological polar surface area (TPSA) is 39.3 Å². The Balaban J connectivity index is 1.34. The lowest BCUT2D eigenvalue weighted by Crippen LogP contribution is -2.29. The van der Waals surface area contributed by atoms with Gasteiger partial charge in [-0.25, -0.2) is 0 Å². The number of H-pyrrole nitrogens is 1. The second kappa shape index (κ2) is 7.90. The highest BCUT2D eigenvalue weighted by molar-refractivity contribution is 5.86. The van der Waals surface area contributed by atoms with Crippen molar-refractivity contribution < 1.29 is 5.11 Å². The van der Waals surface area contributed by atoms with Gasteiger partial charge >= 0.3 is 0 Å². The minimum atomic E-state index is 0.0986. The molecule has 0 fully saturated rings. The van der Waals surface area contributed by atoms with Crippen molar-refractivity contribution in [3.63, 3.8) is 0 Å². The van der Waals surface area contributed by atoms with Gasteiger partial charge in [-0.15, -0.1) is 0 Å². The van der Waals surface area contributed by atoms with E-state index >= 15 is 0 Å². The third-order valence-electron chi connectivity index (χ3n) is 5.40. The number of aliphatic hydroxyl groups is 1. The molecule has 0 aliphatic carbocycles. The van der Waals surface area contributed by atoms with Crippen LogP contribution in [0.4, 0.5) is 0 Å². The Bertz CT molecular complexity index is 895.